The lowest BCUT2D eigenvalue weighted by Gasteiger charge is -2.36. The molecule has 0 unspecified atom stereocenters. The minimum atomic E-state index is -1.17. The minimum Gasteiger partial charge on any atom is -0.459 e. The molecule has 0 amide bonds. The van der Waals surface area contributed by atoms with Gasteiger partial charge in [-0.2, -0.15) is 0 Å². The van der Waals surface area contributed by atoms with E-state index >= 15 is 0 Å². The molecule has 2 aromatic rings. The van der Waals surface area contributed by atoms with Crippen LogP contribution in [0.3, 0.4) is 0 Å². The van der Waals surface area contributed by atoms with Crippen LogP contribution in [0.1, 0.15) is 137 Å². The van der Waals surface area contributed by atoms with E-state index in [4.69, 9.17) is 18.9 Å². The van der Waals surface area contributed by atoms with Crippen molar-refractivity contribution in [3.63, 3.8) is 0 Å². The van der Waals surface area contributed by atoms with E-state index in [1.165, 1.54) is 11.1 Å². The van der Waals surface area contributed by atoms with Crippen LogP contribution in [0.5, 0.6) is 0 Å². The number of hydrogen-bond acceptors (Lipinski definition) is 8. The summed E-state index contributed by atoms with van der Waals surface area (Å²) in [5.41, 5.74) is -2.37. The van der Waals surface area contributed by atoms with Crippen LogP contribution in [-0.2, 0) is 38.1 Å². The third kappa shape index (κ3) is 5.25. The fourth-order valence-electron chi connectivity index (χ4n) is 11.2. The molecule has 4 saturated carbocycles. The highest BCUT2D eigenvalue weighted by Gasteiger charge is 2.78. The molecule has 6 aliphatic rings. The maximum absolute atomic E-state index is 13.4. The molecule has 8 rings (SSSR count). The van der Waals surface area contributed by atoms with Gasteiger partial charge in [-0.15, -0.1) is 0 Å². The van der Waals surface area contributed by atoms with Gasteiger partial charge >= 0.3 is 23.9 Å². The molecule has 0 N–H and O–H groups in total. The van der Waals surface area contributed by atoms with Crippen molar-refractivity contribution in [3.05, 3.63) is 71.8 Å². The standard InChI is InChI=1S/C23H29BrO4.C23H30O4/c1-6-15(22(5)16(17(22)24)14-10-8-7-9-11-14)27-19(26)23-13-12-21(4,18(25)28-23)20(23,2)3;1-6-17(21(4)14-16(21)15-10-8-7-9-11-15)26-19(25)23-13-12-22(5,18(24)27-23)20(23,2)3/h7-11,15-17H,6,12-13H2,1-5H3;7-11,16-17H,6,12-14H2,1-5H3/t15-,16-,17+,21-,22+,23+;16-,17+,21+,22+,23-/m01/s1. The summed E-state index contributed by atoms with van der Waals surface area (Å²) in [5, 5.41) is 0. The Kier molecular flexibility index (Phi) is 9.39. The number of benzene rings is 2. The molecule has 55 heavy (non-hydrogen) atoms. The molecule has 298 valence electrons. The second-order valence-corrected chi connectivity index (χ2v) is 20.3. The van der Waals surface area contributed by atoms with Crippen LogP contribution in [0, 0.1) is 32.5 Å². The van der Waals surface area contributed by atoms with Gasteiger partial charge in [0.05, 0.1) is 10.8 Å². The Bertz CT molecular complexity index is 1880. The zero-order valence-corrected chi connectivity index (χ0v) is 35.8. The first-order valence-electron chi connectivity index (χ1n) is 20.3. The largest absolute Gasteiger partial charge is 0.459 e. The molecule has 11 atom stereocenters. The molecular formula is C46H59BrO8. The second-order valence-electron chi connectivity index (χ2n) is 19.3. The maximum atomic E-state index is 13.4. The van der Waals surface area contributed by atoms with E-state index in [0.29, 0.717) is 31.6 Å². The van der Waals surface area contributed by atoms with Crippen molar-refractivity contribution in [3.8, 4) is 0 Å². The number of carbonyl (C=O) groups is 4. The fraction of sp³-hybridized carbons (Fsp3) is 0.652. The predicted molar refractivity (Wildman–Crippen MR) is 212 cm³/mol. The monoisotopic (exact) mass is 818 g/mol. The van der Waals surface area contributed by atoms with Crippen molar-refractivity contribution >= 4 is 39.8 Å². The number of rotatable bonds is 10. The lowest BCUT2D eigenvalue weighted by atomic mass is 9.66. The Labute approximate surface area is 335 Å². The third-order valence-electron chi connectivity index (χ3n) is 16.6. The van der Waals surface area contributed by atoms with Crippen LogP contribution >= 0.6 is 15.9 Å². The van der Waals surface area contributed by atoms with Gasteiger partial charge in [-0.1, -0.05) is 132 Å². The summed E-state index contributed by atoms with van der Waals surface area (Å²) in [7, 11) is 0. The summed E-state index contributed by atoms with van der Waals surface area (Å²) in [6, 6.07) is 20.8. The number of alkyl halides is 1. The minimum absolute atomic E-state index is 0.0585. The van der Waals surface area contributed by atoms with Gasteiger partial charge in [-0.25, -0.2) is 9.59 Å². The Morgan fingerprint density at radius 1 is 0.673 bits per heavy atom. The number of esters is 4. The summed E-state index contributed by atoms with van der Waals surface area (Å²) in [6.45, 7) is 20.2. The average molecular weight is 820 g/mol. The molecule has 6 fully saturated rings. The summed E-state index contributed by atoms with van der Waals surface area (Å²) >= 11 is 3.83. The van der Waals surface area contributed by atoms with E-state index in [-0.39, 0.29) is 57.7 Å². The second kappa shape index (κ2) is 12.9. The van der Waals surface area contributed by atoms with E-state index < -0.39 is 32.9 Å². The van der Waals surface area contributed by atoms with Crippen molar-refractivity contribution in [2.45, 2.75) is 154 Å². The van der Waals surface area contributed by atoms with Crippen molar-refractivity contribution < 1.29 is 38.1 Å². The number of fused-ring (bicyclic) bond motifs is 4. The molecule has 4 bridgehead atoms. The zero-order valence-electron chi connectivity index (χ0n) is 34.3. The molecule has 0 spiro atoms. The quantitative estimate of drug-likeness (QED) is 0.133. The summed E-state index contributed by atoms with van der Waals surface area (Å²) in [5.74, 6) is -0.568. The van der Waals surface area contributed by atoms with Gasteiger partial charge in [-0.3, -0.25) is 9.59 Å². The maximum Gasteiger partial charge on any atom is 0.351 e. The molecule has 2 aliphatic heterocycles. The van der Waals surface area contributed by atoms with Gasteiger partial charge in [-0.05, 0) is 75.8 Å². The highest BCUT2D eigenvalue weighted by atomic mass is 79.9. The highest BCUT2D eigenvalue weighted by Crippen LogP contribution is 2.70. The molecule has 2 aromatic carbocycles. The Morgan fingerprint density at radius 2 is 1.09 bits per heavy atom. The predicted octanol–water partition coefficient (Wildman–Crippen LogP) is 9.62. The fourth-order valence-corrected chi connectivity index (χ4v) is 12.5. The molecule has 0 radical (unpaired) electrons. The molecule has 8 nitrogen and oxygen atoms in total. The summed E-state index contributed by atoms with van der Waals surface area (Å²) in [4.78, 5) is 51.9. The normalized spacial score (nSPS) is 40.6. The zero-order chi connectivity index (χ0) is 40.2. The molecule has 0 aromatic heterocycles. The van der Waals surface area contributed by atoms with Gasteiger partial charge in [0.15, 0.2) is 0 Å². The van der Waals surface area contributed by atoms with Crippen molar-refractivity contribution in [1.82, 2.24) is 0 Å². The first-order chi connectivity index (χ1) is 25.7. The summed E-state index contributed by atoms with van der Waals surface area (Å²) < 4.78 is 23.7. The van der Waals surface area contributed by atoms with Crippen LogP contribution in [0.4, 0.5) is 0 Å². The Hall–Kier alpha value is -3.20. The Balaban J connectivity index is 0.000000169. The Morgan fingerprint density at radius 3 is 1.47 bits per heavy atom. The van der Waals surface area contributed by atoms with E-state index in [0.717, 1.165) is 19.3 Å². The van der Waals surface area contributed by atoms with Crippen molar-refractivity contribution in [2.75, 3.05) is 0 Å². The van der Waals surface area contributed by atoms with E-state index in [1.807, 2.05) is 72.7 Å². The molecule has 2 heterocycles. The van der Waals surface area contributed by atoms with Crippen LogP contribution in [0.25, 0.3) is 0 Å². The van der Waals surface area contributed by atoms with Gasteiger partial charge < -0.3 is 18.9 Å². The topological polar surface area (TPSA) is 105 Å². The number of ether oxygens (including phenoxy) is 4. The van der Waals surface area contributed by atoms with E-state index in [2.05, 4.69) is 73.1 Å². The first kappa shape index (κ1) is 40.0. The SMILES string of the molecule is CC[C@H](OC(=O)[C@@]12CC[C@@](C)(C(=O)O1)C2(C)C)[C@@]1(C)C[C@@H]1c1ccccc1.CC[C@H](OC(=O)[C@@]12CC[C@@](C)(C(=O)O1)C2(C)C)[C@@]1(C)[C@H](Br)[C@@H]1c1ccccc1. The van der Waals surface area contributed by atoms with Gasteiger partial charge in [0.1, 0.15) is 12.2 Å². The highest BCUT2D eigenvalue weighted by molar-refractivity contribution is 9.09. The van der Waals surface area contributed by atoms with E-state index in [9.17, 15) is 19.2 Å². The van der Waals surface area contributed by atoms with Crippen LogP contribution in [-0.4, -0.2) is 52.1 Å². The van der Waals surface area contributed by atoms with E-state index in [1.54, 1.807) is 0 Å². The van der Waals surface area contributed by atoms with Gasteiger partial charge in [0.25, 0.3) is 0 Å². The number of carbonyl (C=O) groups excluding carboxylic acids is 4. The number of hydrogen-bond donors (Lipinski definition) is 0. The molecule has 4 aliphatic carbocycles. The van der Waals surface area contributed by atoms with Crippen molar-refractivity contribution in [1.29, 1.82) is 0 Å². The lowest BCUT2D eigenvalue weighted by molar-refractivity contribution is -0.189. The number of halogens is 1. The molecule has 9 heteroatoms. The van der Waals surface area contributed by atoms with Crippen LogP contribution in [0.15, 0.2) is 60.7 Å². The summed E-state index contributed by atoms with van der Waals surface area (Å²) in [6.07, 6.45) is 4.49. The van der Waals surface area contributed by atoms with Gasteiger partial charge in [0, 0.05) is 32.4 Å². The van der Waals surface area contributed by atoms with Crippen molar-refractivity contribution in [2.24, 2.45) is 32.5 Å². The van der Waals surface area contributed by atoms with Gasteiger partial charge in [0.2, 0.25) is 11.2 Å². The third-order valence-corrected chi connectivity index (χ3v) is 18.1. The van der Waals surface area contributed by atoms with Crippen LogP contribution < -0.4 is 0 Å². The lowest BCUT2D eigenvalue weighted by Crippen LogP contribution is -2.50. The average Bonchev–Trinajstić information content (AvgIpc) is 3.91. The smallest absolute Gasteiger partial charge is 0.351 e. The van der Waals surface area contributed by atoms with Crippen LogP contribution in [0.2, 0.25) is 0 Å². The molecular weight excluding hydrogens is 760 g/mol. The molecule has 2 saturated heterocycles. The first-order valence-corrected chi connectivity index (χ1v) is 21.2.